The molecule has 1 fully saturated rings. The number of nitrogens with one attached hydrogen (secondary N) is 1. The van der Waals surface area contributed by atoms with E-state index in [1.807, 2.05) is 7.05 Å². The van der Waals surface area contributed by atoms with Crippen LogP contribution in [0, 0.1) is 23.5 Å². The Hall–Kier alpha value is -0.960. The van der Waals surface area contributed by atoms with Gasteiger partial charge in [0.05, 0.1) is 0 Å². The Labute approximate surface area is 101 Å². The molecule has 1 aromatic carbocycles. The Balaban J connectivity index is 2.12. The highest BCUT2D eigenvalue weighted by Gasteiger charge is 2.32. The monoisotopic (exact) mass is 239 g/mol. The molecular formula is C14H19F2N. The second-order valence-electron chi connectivity index (χ2n) is 5.00. The molecule has 0 aromatic heterocycles. The average molecular weight is 239 g/mol. The van der Waals surface area contributed by atoms with Crippen LogP contribution >= 0.6 is 0 Å². The summed E-state index contributed by atoms with van der Waals surface area (Å²) in [4.78, 5) is 0. The van der Waals surface area contributed by atoms with Crippen molar-refractivity contribution in [2.75, 3.05) is 7.05 Å². The Morgan fingerprint density at radius 3 is 2.41 bits per heavy atom. The minimum atomic E-state index is -0.412. The molecule has 1 N–H and O–H groups in total. The molecular weight excluding hydrogens is 220 g/mol. The van der Waals surface area contributed by atoms with E-state index in [0.29, 0.717) is 24.3 Å². The smallest absolute Gasteiger partial charge is 0.129 e. The molecule has 0 aliphatic heterocycles. The lowest BCUT2D eigenvalue weighted by atomic mass is 9.89. The fraction of sp³-hybridized carbons (Fsp3) is 0.571. The largest absolute Gasteiger partial charge is 0.317 e. The second-order valence-corrected chi connectivity index (χ2v) is 5.00. The van der Waals surface area contributed by atoms with Crippen molar-refractivity contribution in [2.45, 2.75) is 32.2 Å². The van der Waals surface area contributed by atoms with E-state index in [9.17, 15) is 8.78 Å². The lowest BCUT2D eigenvalue weighted by Gasteiger charge is -2.20. The molecule has 0 spiro atoms. The van der Waals surface area contributed by atoms with Gasteiger partial charge in [0.2, 0.25) is 0 Å². The molecule has 0 bridgehead atoms. The fourth-order valence-corrected chi connectivity index (χ4v) is 2.93. The maximum absolute atomic E-state index is 13.6. The van der Waals surface area contributed by atoms with Gasteiger partial charge < -0.3 is 5.32 Å². The van der Waals surface area contributed by atoms with Crippen LogP contribution in [0.4, 0.5) is 8.78 Å². The van der Waals surface area contributed by atoms with Crippen LogP contribution < -0.4 is 5.32 Å². The van der Waals surface area contributed by atoms with Crippen LogP contribution in [-0.2, 0) is 6.42 Å². The topological polar surface area (TPSA) is 12.0 Å². The Bertz CT molecular complexity index is 372. The van der Waals surface area contributed by atoms with Gasteiger partial charge in [-0.15, -0.1) is 0 Å². The molecule has 3 heteroatoms. The average Bonchev–Trinajstić information content (AvgIpc) is 2.65. The summed E-state index contributed by atoms with van der Waals surface area (Å²) < 4.78 is 27.1. The molecule has 1 aliphatic rings. The third-order valence-electron chi connectivity index (χ3n) is 4.13. The van der Waals surface area contributed by atoms with Gasteiger partial charge in [-0.3, -0.25) is 0 Å². The van der Waals surface area contributed by atoms with Gasteiger partial charge in [-0.05, 0) is 50.3 Å². The van der Waals surface area contributed by atoms with Crippen molar-refractivity contribution < 1.29 is 8.78 Å². The van der Waals surface area contributed by atoms with Crippen molar-refractivity contribution in [3.05, 3.63) is 35.4 Å². The van der Waals surface area contributed by atoms with Crippen molar-refractivity contribution in [1.82, 2.24) is 5.32 Å². The SMILES string of the molecule is CNC1CCC(Cc2c(F)cccc2F)C1C. The van der Waals surface area contributed by atoms with Gasteiger partial charge >= 0.3 is 0 Å². The summed E-state index contributed by atoms with van der Waals surface area (Å²) in [5, 5.41) is 3.27. The standard InChI is InChI=1S/C14H19F2N/c1-9-10(6-7-14(9)17-2)8-11-12(15)4-3-5-13(11)16/h3-5,9-10,14,17H,6-8H2,1-2H3. The van der Waals surface area contributed by atoms with Gasteiger partial charge in [0.25, 0.3) is 0 Å². The highest BCUT2D eigenvalue weighted by molar-refractivity contribution is 5.20. The zero-order valence-electron chi connectivity index (χ0n) is 10.3. The molecule has 0 saturated heterocycles. The van der Waals surface area contributed by atoms with Gasteiger partial charge in [-0.25, -0.2) is 8.78 Å². The van der Waals surface area contributed by atoms with Crippen LogP contribution in [-0.4, -0.2) is 13.1 Å². The molecule has 17 heavy (non-hydrogen) atoms. The molecule has 1 aliphatic carbocycles. The molecule has 1 nitrogen and oxygen atoms in total. The van der Waals surface area contributed by atoms with E-state index < -0.39 is 11.6 Å². The summed E-state index contributed by atoms with van der Waals surface area (Å²) in [7, 11) is 1.95. The summed E-state index contributed by atoms with van der Waals surface area (Å²) in [5.41, 5.74) is 0.251. The molecule has 2 rings (SSSR count). The van der Waals surface area contributed by atoms with Gasteiger partial charge in [-0.2, -0.15) is 0 Å². The van der Waals surface area contributed by atoms with Crippen LogP contribution in [0.1, 0.15) is 25.3 Å². The van der Waals surface area contributed by atoms with E-state index in [4.69, 9.17) is 0 Å². The van der Waals surface area contributed by atoms with E-state index in [0.717, 1.165) is 12.8 Å². The van der Waals surface area contributed by atoms with Gasteiger partial charge in [0.1, 0.15) is 11.6 Å². The number of benzene rings is 1. The molecule has 1 saturated carbocycles. The Morgan fingerprint density at radius 1 is 1.24 bits per heavy atom. The van der Waals surface area contributed by atoms with Crippen molar-refractivity contribution in [1.29, 1.82) is 0 Å². The van der Waals surface area contributed by atoms with Gasteiger partial charge in [0.15, 0.2) is 0 Å². The zero-order chi connectivity index (χ0) is 12.4. The third-order valence-corrected chi connectivity index (χ3v) is 4.13. The molecule has 0 radical (unpaired) electrons. The highest BCUT2D eigenvalue weighted by atomic mass is 19.1. The minimum absolute atomic E-state index is 0.251. The lowest BCUT2D eigenvalue weighted by Crippen LogP contribution is -2.29. The van der Waals surface area contributed by atoms with E-state index in [-0.39, 0.29) is 5.56 Å². The number of halogens is 2. The van der Waals surface area contributed by atoms with Crippen LogP contribution in [0.25, 0.3) is 0 Å². The first-order chi connectivity index (χ1) is 8.13. The zero-order valence-corrected chi connectivity index (χ0v) is 10.3. The summed E-state index contributed by atoms with van der Waals surface area (Å²) >= 11 is 0. The first-order valence-corrected chi connectivity index (χ1v) is 6.23. The number of hydrogen-bond donors (Lipinski definition) is 1. The molecule has 0 heterocycles. The van der Waals surface area contributed by atoms with E-state index in [1.165, 1.54) is 18.2 Å². The van der Waals surface area contributed by atoms with Gasteiger partial charge in [-0.1, -0.05) is 13.0 Å². The summed E-state index contributed by atoms with van der Waals surface area (Å²) in [6.07, 6.45) is 2.65. The van der Waals surface area contributed by atoms with Crippen molar-refractivity contribution in [3.8, 4) is 0 Å². The van der Waals surface area contributed by atoms with E-state index >= 15 is 0 Å². The van der Waals surface area contributed by atoms with Crippen LogP contribution in [0.5, 0.6) is 0 Å². The molecule has 1 aromatic rings. The molecule has 3 atom stereocenters. The number of hydrogen-bond acceptors (Lipinski definition) is 1. The highest BCUT2D eigenvalue weighted by Crippen LogP contribution is 2.35. The van der Waals surface area contributed by atoms with Crippen molar-refractivity contribution in [2.24, 2.45) is 11.8 Å². The first-order valence-electron chi connectivity index (χ1n) is 6.23. The third kappa shape index (κ3) is 2.49. The van der Waals surface area contributed by atoms with Crippen LogP contribution in [0.3, 0.4) is 0 Å². The fourth-order valence-electron chi connectivity index (χ4n) is 2.93. The lowest BCUT2D eigenvalue weighted by molar-refractivity contribution is 0.356. The summed E-state index contributed by atoms with van der Waals surface area (Å²) in [6.45, 7) is 2.16. The number of rotatable bonds is 3. The molecule has 3 unspecified atom stereocenters. The predicted molar refractivity (Wildman–Crippen MR) is 64.8 cm³/mol. The molecule has 94 valence electrons. The van der Waals surface area contributed by atoms with Crippen LogP contribution in [0.15, 0.2) is 18.2 Å². The predicted octanol–water partition coefficient (Wildman–Crippen LogP) is 3.14. The van der Waals surface area contributed by atoms with E-state index in [2.05, 4.69) is 12.2 Å². The minimum Gasteiger partial charge on any atom is -0.317 e. The Kier molecular flexibility index (Phi) is 3.77. The normalized spacial score (nSPS) is 28.6. The maximum Gasteiger partial charge on any atom is 0.129 e. The van der Waals surface area contributed by atoms with Gasteiger partial charge in [0, 0.05) is 11.6 Å². The van der Waals surface area contributed by atoms with E-state index in [1.54, 1.807) is 0 Å². The maximum atomic E-state index is 13.6. The van der Waals surface area contributed by atoms with Crippen LogP contribution in [0.2, 0.25) is 0 Å². The second kappa shape index (κ2) is 5.13. The van der Waals surface area contributed by atoms with Crippen molar-refractivity contribution >= 4 is 0 Å². The molecule has 0 amide bonds. The Morgan fingerprint density at radius 2 is 1.88 bits per heavy atom. The first kappa shape index (κ1) is 12.5. The summed E-state index contributed by atoms with van der Waals surface area (Å²) in [6, 6.07) is 4.58. The summed E-state index contributed by atoms with van der Waals surface area (Å²) in [5.74, 6) is 0.0214. The quantitative estimate of drug-likeness (QED) is 0.854. The van der Waals surface area contributed by atoms with Crippen molar-refractivity contribution in [3.63, 3.8) is 0 Å².